The molecule has 0 saturated heterocycles. The Kier molecular flexibility index (Phi) is 11.5. The second-order valence-electron chi connectivity index (χ2n) is 5.71. The molecule has 0 spiro atoms. The number of amides is 1. The Labute approximate surface area is 123 Å². The molecule has 0 aliphatic heterocycles. The molecule has 0 aromatic heterocycles. The summed E-state index contributed by atoms with van der Waals surface area (Å²) < 4.78 is 15.9. The van der Waals surface area contributed by atoms with Gasteiger partial charge in [-0.2, -0.15) is 0 Å². The fourth-order valence-electron chi connectivity index (χ4n) is 1.47. The molecule has 0 rings (SSSR count). The molecule has 0 unspecified atom stereocenters. The molecule has 5 nitrogen and oxygen atoms in total. The lowest BCUT2D eigenvalue weighted by Crippen LogP contribution is -2.34. The molecular formula is C15H31NO4. The van der Waals surface area contributed by atoms with Crippen LogP contribution in [0.5, 0.6) is 0 Å². The normalized spacial score (nSPS) is 11.4. The van der Waals surface area contributed by atoms with Crippen molar-refractivity contribution in [3.63, 3.8) is 0 Å². The van der Waals surface area contributed by atoms with E-state index in [9.17, 15) is 4.79 Å². The van der Waals surface area contributed by atoms with E-state index in [2.05, 4.69) is 12.2 Å². The summed E-state index contributed by atoms with van der Waals surface area (Å²) in [5.41, 5.74) is -0.454. The maximum absolute atomic E-state index is 11.3. The zero-order valence-electron chi connectivity index (χ0n) is 13.5. The highest BCUT2D eigenvalue weighted by molar-refractivity contribution is 5.67. The smallest absolute Gasteiger partial charge is 0.407 e. The van der Waals surface area contributed by atoms with Crippen LogP contribution in [0.4, 0.5) is 4.79 Å². The molecule has 0 heterocycles. The van der Waals surface area contributed by atoms with Gasteiger partial charge < -0.3 is 19.5 Å². The molecule has 5 heteroatoms. The average molecular weight is 289 g/mol. The standard InChI is InChI=1S/C15H31NO4/c1-5-10-18-11-7-6-8-12-19-13-9-16-14(17)20-15(2,3)4/h5-13H2,1-4H3,(H,16,17). The molecule has 0 saturated carbocycles. The van der Waals surface area contributed by atoms with Gasteiger partial charge in [0.05, 0.1) is 6.61 Å². The molecular weight excluding hydrogens is 258 g/mol. The number of ether oxygens (including phenoxy) is 3. The van der Waals surface area contributed by atoms with Gasteiger partial charge in [-0.15, -0.1) is 0 Å². The fourth-order valence-corrected chi connectivity index (χ4v) is 1.47. The highest BCUT2D eigenvalue weighted by atomic mass is 16.6. The fraction of sp³-hybridized carbons (Fsp3) is 0.933. The van der Waals surface area contributed by atoms with E-state index in [0.29, 0.717) is 13.2 Å². The second-order valence-corrected chi connectivity index (χ2v) is 5.71. The van der Waals surface area contributed by atoms with Gasteiger partial charge in [0.25, 0.3) is 0 Å². The van der Waals surface area contributed by atoms with Crippen molar-refractivity contribution in [1.82, 2.24) is 5.32 Å². The third-order valence-corrected chi connectivity index (χ3v) is 2.34. The van der Waals surface area contributed by atoms with Crippen LogP contribution < -0.4 is 5.32 Å². The van der Waals surface area contributed by atoms with Crippen LogP contribution in [0.15, 0.2) is 0 Å². The summed E-state index contributed by atoms with van der Waals surface area (Å²) in [5, 5.41) is 2.66. The number of carbonyl (C=O) groups excluding carboxylic acids is 1. The van der Waals surface area contributed by atoms with Crippen molar-refractivity contribution in [2.24, 2.45) is 0 Å². The zero-order valence-corrected chi connectivity index (χ0v) is 13.5. The summed E-state index contributed by atoms with van der Waals surface area (Å²) in [6.45, 7) is 11.1. The van der Waals surface area contributed by atoms with Crippen LogP contribution in [-0.2, 0) is 14.2 Å². The Hall–Kier alpha value is -0.810. The molecule has 0 bridgehead atoms. The third kappa shape index (κ3) is 15.2. The molecule has 0 aromatic rings. The lowest BCUT2D eigenvalue weighted by atomic mass is 10.2. The van der Waals surface area contributed by atoms with E-state index >= 15 is 0 Å². The summed E-state index contributed by atoms with van der Waals surface area (Å²) in [4.78, 5) is 11.3. The van der Waals surface area contributed by atoms with Gasteiger partial charge in [-0.3, -0.25) is 0 Å². The summed E-state index contributed by atoms with van der Waals surface area (Å²) >= 11 is 0. The summed E-state index contributed by atoms with van der Waals surface area (Å²) in [5.74, 6) is 0. The largest absolute Gasteiger partial charge is 0.444 e. The van der Waals surface area contributed by atoms with E-state index in [1.165, 1.54) is 0 Å². The lowest BCUT2D eigenvalue weighted by Gasteiger charge is -2.19. The molecule has 0 radical (unpaired) electrons. The predicted octanol–water partition coefficient (Wildman–Crippen LogP) is 3.12. The van der Waals surface area contributed by atoms with Crippen LogP contribution in [0.25, 0.3) is 0 Å². The summed E-state index contributed by atoms with van der Waals surface area (Å²) in [7, 11) is 0. The number of alkyl carbamates (subject to hydrolysis) is 1. The molecule has 20 heavy (non-hydrogen) atoms. The highest BCUT2D eigenvalue weighted by Gasteiger charge is 2.15. The van der Waals surface area contributed by atoms with E-state index in [1.807, 2.05) is 20.8 Å². The Morgan fingerprint density at radius 3 is 2.10 bits per heavy atom. The second kappa shape index (κ2) is 12.0. The van der Waals surface area contributed by atoms with Crippen LogP contribution in [0.3, 0.4) is 0 Å². The van der Waals surface area contributed by atoms with Gasteiger partial charge in [0.1, 0.15) is 5.60 Å². The van der Waals surface area contributed by atoms with Gasteiger partial charge in [-0.05, 0) is 46.5 Å². The maximum atomic E-state index is 11.3. The van der Waals surface area contributed by atoms with Crippen molar-refractivity contribution in [2.75, 3.05) is 33.0 Å². The minimum absolute atomic E-state index is 0.394. The van der Waals surface area contributed by atoms with Crippen molar-refractivity contribution in [3.05, 3.63) is 0 Å². The van der Waals surface area contributed by atoms with Crippen molar-refractivity contribution < 1.29 is 19.0 Å². The number of hydrogen-bond donors (Lipinski definition) is 1. The van der Waals surface area contributed by atoms with E-state index in [0.717, 1.165) is 45.5 Å². The number of nitrogens with one attached hydrogen (secondary N) is 1. The molecule has 1 amide bonds. The Bertz CT molecular complexity index is 239. The summed E-state index contributed by atoms with van der Waals surface area (Å²) in [6.07, 6.45) is 3.91. The molecule has 0 aliphatic carbocycles. The molecule has 0 aliphatic rings. The lowest BCUT2D eigenvalue weighted by molar-refractivity contribution is 0.0497. The van der Waals surface area contributed by atoms with E-state index < -0.39 is 11.7 Å². The van der Waals surface area contributed by atoms with Gasteiger partial charge in [0.15, 0.2) is 0 Å². The predicted molar refractivity (Wildman–Crippen MR) is 80.0 cm³/mol. The molecule has 0 aromatic carbocycles. The van der Waals surface area contributed by atoms with Crippen LogP contribution in [0.1, 0.15) is 53.4 Å². The van der Waals surface area contributed by atoms with Gasteiger partial charge in [0.2, 0.25) is 0 Å². The quantitative estimate of drug-likeness (QED) is 0.594. The van der Waals surface area contributed by atoms with Crippen molar-refractivity contribution in [3.8, 4) is 0 Å². The molecule has 1 N–H and O–H groups in total. The van der Waals surface area contributed by atoms with Crippen molar-refractivity contribution >= 4 is 6.09 Å². The first-order valence-electron chi connectivity index (χ1n) is 7.58. The Morgan fingerprint density at radius 2 is 1.55 bits per heavy atom. The van der Waals surface area contributed by atoms with Crippen molar-refractivity contribution in [1.29, 1.82) is 0 Å². The minimum Gasteiger partial charge on any atom is -0.444 e. The van der Waals surface area contributed by atoms with E-state index in [1.54, 1.807) is 0 Å². The molecule has 0 fully saturated rings. The van der Waals surface area contributed by atoms with E-state index in [4.69, 9.17) is 14.2 Å². The van der Waals surface area contributed by atoms with Gasteiger partial charge in [-0.1, -0.05) is 6.92 Å². The minimum atomic E-state index is -0.454. The van der Waals surface area contributed by atoms with E-state index in [-0.39, 0.29) is 0 Å². The Balaban J connectivity index is 3.19. The first-order chi connectivity index (χ1) is 9.45. The van der Waals surface area contributed by atoms with Crippen LogP contribution >= 0.6 is 0 Å². The number of unbranched alkanes of at least 4 members (excludes halogenated alkanes) is 2. The van der Waals surface area contributed by atoms with Gasteiger partial charge >= 0.3 is 6.09 Å². The zero-order chi connectivity index (χ0) is 15.3. The maximum Gasteiger partial charge on any atom is 0.407 e. The molecule has 0 atom stereocenters. The number of hydrogen-bond acceptors (Lipinski definition) is 4. The van der Waals surface area contributed by atoms with Gasteiger partial charge in [0, 0.05) is 26.4 Å². The topological polar surface area (TPSA) is 56.8 Å². The number of rotatable bonds is 11. The van der Waals surface area contributed by atoms with Crippen molar-refractivity contribution in [2.45, 2.75) is 59.0 Å². The van der Waals surface area contributed by atoms with Crippen LogP contribution in [-0.4, -0.2) is 44.7 Å². The van der Waals surface area contributed by atoms with Gasteiger partial charge in [-0.25, -0.2) is 4.79 Å². The van der Waals surface area contributed by atoms with Crippen LogP contribution in [0.2, 0.25) is 0 Å². The third-order valence-electron chi connectivity index (χ3n) is 2.34. The first kappa shape index (κ1) is 19.2. The first-order valence-corrected chi connectivity index (χ1v) is 7.58. The van der Waals surface area contributed by atoms with Crippen LogP contribution in [0, 0.1) is 0 Å². The highest BCUT2D eigenvalue weighted by Crippen LogP contribution is 2.06. The average Bonchev–Trinajstić information content (AvgIpc) is 2.34. The number of carbonyl (C=O) groups is 1. The summed E-state index contributed by atoms with van der Waals surface area (Å²) in [6, 6.07) is 0. The monoisotopic (exact) mass is 289 g/mol. The molecule has 120 valence electrons. The Morgan fingerprint density at radius 1 is 0.950 bits per heavy atom. The SMILES string of the molecule is CCCOCCCCCOCCNC(=O)OC(C)(C)C.